The number of hydrogen-bond acceptors (Lipinski definition) is 5. The highest BCUT2D eigenvalue weighted by Gasteiger charge is 2.35. The molecule has 1 N–H and O–H groups in total. The van der Waals surface area contributed by atoms with Crippen LogP contribution < -0.4 is 9.64 Å². The summed E-state index contributed by atoms with van der Waals surface area (Å²) in [7, 11) is 5.65. The number of amides is 1. The molecular formula is C26H34F3N3O3. The molecule has 192 valence electrons. The molecule has 0 radical (unpaired) electrons. The van der Waals surface area contributed by atoms with Crippen molar-refractivity contribution in [2.75, 3.05) is 45.7 Å². The number of hydrogen-bond donors (Lipinski definition) is 1. The largest absolute Gasteiger partial charge is 0.486 e. The van der Waals surface area contributed by atoms with Gasteiger partial charge < -0.3 is 19.6 Å². The molecule has 0 bridgehead atoms. The zero-order valence-electron chi connectivity index (χ0n) is 20.8. The lowest BCUT2D eigenvalue weighted by Gasteiger charge is -2.39. The van der Waals surface area contributed by atoms with Crippen LogP contribution >= 0.6 is 0 Å². The van der Waals surface area contributed by atoms with Crippen molar-refractivity contribution in [3.8, 4) is 5.75 Å². The van der Waals surface area contributed by atoms with Crippen molar-refractivity contribution in [2.45, 2.75) is 38.7 Å². The SMILES string of the molecule is C[C@@H]1CN([C@H](C)CO)C(=O)c2cccc(N(C)C)c2O[C@H]1CN(C)Cc1ccc(C(F)(F)F)cc1. The Balaban J connectivity index is 1.87. The summed E-state index contributed by atoms with van der Waals surface area (Å²) < 4.78 is 45.2. The molecule has 1 aliphatic rings. The molecule has 6 nitrogen and oxygen atoms in total. The monoisotopic (exact) mass is 493 g/mol. The molecule has 2 aromatic rings. The van der Waals surface area contributed by atoms with Crippen molar-refractivity contribution in [3.63, 3.8) is 0 Å². The van der Waals surface area contributed by atoms with Gasteiger partial charge in [-0.15, -0.1) is 0 Å². The van der Waals surface area contributed by atoms with E-state index >= 15 is 0 Å². The van der Waals surface area contributed by atoms with Crippen LogP contribution in [-0.4, -0.2) is 73.8 Å². The van der Waals surface area contributed by atoms with Crippen LogP contribution in [0, 0.1) is 5.92 Å². The lowest BCUT2D eigenvalue weighted by atomic mass is 9.98. The van der Waals surface area contributed by atoms with E-state index in [1.54, 1.807) is 11.0 Å². The maximum absolute atomic E-state index is 13.4. The van der Waals surface area contributed by atoms with E-state index in [1.165, 1.54) is 12.1 Å². The van der Waals surface area contributed by atoms with Crippen LogP contribution in [0.1, 0.15) is 35.3 Å². The van der Waals surface area contributed by atoms with Gasteiger partial charge in [-0.25, -0.2) is 0 Å². The number of aliphatic hydroxyl groups excluding tert-OH is 1. The zero-order chi connectivity index (χ0) is 25.9. The number of carbonyl (C=O) groups excluding carboxylic acids is 1. The molecule has 0 aliphatic carbocycles. The van der Waals surface area contributed by atoms with Crippen LogP contribution in [0.5, 0.6) is 5.75 Å². The number of alkyl halides is 3. The van der Waals surface area contributed by atoms with Gasteiger partial charge in [0, 0.05) is 39.6 Å². The van der Waals surface area contributed by atoms with Crippen LogP contribution in [0.4, 0.5) is 18.9 Å². The Morgan fingerprint density at radius 3 is 2.37 bits per heavy atom. The smallest absolute Gasteiger partial charge is 0.416 e. The summed E-state index contributed by atoms with van der Waals surface area (Å²) in [4.78, 5) is 19.0. The average molecular weight is 494 g/mol. The van der Waals surface area contributed by atoms with E-state index in [9.17, 15) is 23.1 Å². The quantitative estimate of drug-likeness (QED) is 0.629. The van der Waals surface area contributed by atoms with Crippen molar-refractivity contribution in [1.29, 1.82) is 0 Å². The second kappa shape index (κ2) is 10.9. The van der Waals surface area contributed by atoms with Crippen LogP contribution in [0.3, 0.4) is 0 Å². The van der Waals surface area contributed by atoms with E-state index < -0.39 is 11.7 Å². The van der Waals surface area contributed by atoms with Crippen molar-refractivity contribution in [3.05, 3.63) is 59.2 Å². The first-order valence-electron chi connectivity index (χ1n) is 11.7. The standard InChI is InChI=1S/C26H34F3N3O3/c1-17-13-32(18(2)16-33)25(34)21-7-6-8-22(30(3)4)24(21)35-23(17)15-31(5)14-19-9-11-20(12-10-19)26(27,28)29/h6-12,17-18,23,33H,13-16H2,1-5H3/t17-,18-,23+/m1/s1. The van der Waals surface area contributed by atoms with Gasteiger partial charge in [0.2, 0.25) is 0 Å². The average Bonchev–Trinajstić information content (AvgIpc) is 2.80. The number of rotatable bonds is 7. The Hall–Kier alpha value is -2.78. The predicted molar refractivity (Wildman–Crippen MR) is 130 cm³/mol. The van der Waals surface area contributed by atoms with E-state index in [1.807, 2.05) is 56.9 Å². The fourth-order valence-corrected chi connectivity index (χ4v) is 4.28. The van der Waals surface area contributed by atoms with Gasteiger partial charge >= 0.3 is 6.18 Å². The highest BCUT2D eigenvalue weighted by atomic mass is 19.4. The molecule has 2 aromatic carbocycles. The molecule has 0 unspecified atom stereocenters. The van der Waals surface area contributed by atoms with Gasteiger partial charge in [-0.05, 0) is 43.8 Å². The number of carbonyl (C=O) groups is 1. The van der Waals surface area contributed by atoms with Crippen LogP contribution in [-0.2, 0) is 12.7 Å². The molecule has 0 fully saturated rings. The third kappa shape index (κ3) is 6.27. The Morgan fingerprint density at radius 1 is 1.14 bits per heavy atom. The minimum atomic E-state index is -4.36. The van der Waals surface area contributed by atoms with E-state index in [0.717, 1.165) is 23.4 Å². The van der Waals surface area contributed by atoms with Crippen molar-refractivity contribution in [2.24, 2.45) is 5.92 Å². The number of fused-ring (bicyclic) bond motifs is 1. The number of likely N-dealkylation sites (N-methyl/N-ethyl adjacent to an activating group) is 1. The molecule has 1 heterocycles. The number of benzene rings is 2. The molecule has 9 heteroatoms. The molecule has 0 aromatic heterocycles. The molecule has 0 spiro atoms. The highest BCUT2D eigenvalue weighted by molar-refractivity contribution is 5.99. The van der Waals surface area contributed by atoms with E-state index in [-0.39, 0.29) is 30.6 Å². The number of halogens is 3. The minimum absolute atomic E-state index is 0.0635. The summed E-state index contributed by atoms with van der Waals surface area (Å²) in [6.45, 7) is 5.02. The number of ether oxygens (including phenoxy) is 1. The van der Waals surface area contributed by atoms with Crippen LogP contribution in [0.25, 0.3) is 0 Å². The van der Waals surface area contributed by atoms with Gasteiger partial charge in [0.05, 0.1) is 29.5 Å². The number of aliphatic hydroxyl groups is 1. The van der Waals surface area contributed by atoms with Gasteiger partial charge in [-0.1, -0.05) is 25.1 Å². The fourth-order valence-electron chi connectivity index (χ4n) is 4.28. The third-order valence-corrected chi connectivity index (χ3v) is 6.38. The Kier molecular flexibility index (Phi) is 8.33. The topological polar surface area (TPSA) is 56.3 Å². The first-order chi connectivity index (χ1) is 16.4. The second-order valence-corrected chi connectivity index (χ2v) is 9.56. The highest BCUT2D eigenvalue weighted by Crippen LogP contribution is 2.36. The minimum Gasteiger partial charge on any atom is -0.486 e. The summed E-state index contributed by atoms with van der Waals surface area (Å²) >= 11 is 0. The first kappa shape index (κ1) is 26.8. The zero-order valence-corrected chi connectivity index (χ0v) is 20.8. The van der Waals surface area contributed by atoms with Crippen LogP contribution in [0.2, 0.25) is 0 Å². The van der Waals surface area contributed by atoms with Crippen molar-refractivity contribution < 1.29 is 27.8 Å². The predicted octanol–water partition coefficient (Wildman–Crippen LogP) is 4.12. The molecule has 0 saturated heterocycles. The summed E-state index contributed by atoms with van der Waals surface area (Å²) in [6, 6.07) is 10.3. The lowest BCUT2D eigenvalue weighted by molar-refractivity contribution is -0.137. The van der Waals surface area contributed by atoms with Crippen molar-refractivity contribution in [1.82, 2.24) is 9.80 Å². The molecule has 1 aliphatic heterocycles. The van der Waals surface area contributed by atoms with Crippen LogP contribution in [0.15, 0.2) is 42.5 Å². The summed E-state index contributed by atoms with van der Waals surface area (Å²) in [5, 5.41) is 9.78. The molecule has 3 atom stereocenters. The van der Waals surface area contributed by atoms with Gasteiger partial charge in [0.15, 0.2) is 5.75 Å². The number of anilines is 1. The molecule has 1 amide bonds. The Morgan fingerprint density at radius 2 is 1.80 bits per heavy atom. The van der Waals surface area contributed by atoms with Crippen molar-refractivity contribution >= 4 is 11.6 Å². The molecule has 35 heavy (non-hydrogen) atoms. The second-order valence-electron chi connectivity index (χ2n) is 9.56. The Bertz CT molecular complexity index is 1010. The van der Waals surface area contributed by atoms with Gasteiger partial charge in [0.1, 0.15) is 6.10 Å². The van der Waals surface area contributed by atoms with Gasteiger partial charge in [-0.3, -0.25) is 9.69 Å². The number of nitrogens with zero attached hydrogens (tertiary/aromatic N) is 3. The van der Waals surface area contributed by atoms with Gasteiger partial charge in [0.25, 0.3) is 5.91 Å². The van der Waals surface area contributed by atoms with E-state index in [0.29, 0.717) is 30.9 Å². The first-order valence-corrected chi connectivity index (χ1v) is 11.7. The normalized spacial score (nSPS) is 19.6. The summed E-state index contributed by atoms with van der Waals surface area (Å²) in [5.41, 5.74) is 1.31. The van der Waals surface area contributed by atoms with E-state index in [2.05, 4.69) is 0 Å². The maximum atomic E-state index is 13.4. The van der Waals surface area contributed by atoms with Gasteiger partial charge in [-0.2, -0.15) is 13.2 Å². The summed E-state index contributed by atoms with van der Waals surface area (Å²) in [5.74, 6) is 0.247. The number of para-hydroxylation sites is 1. The maximum Gasteiger partial charge on any atom is 0.416 e. The summed E-state index contributed by atoms with van der Waals surface area (Å²) in [6.07, 6.45) is -4.66. The molecule has 3 rings (SSSR count). The van der Waals surface area contributed by atoms with E-state index in [4.69, 9.17) is 4.74 Å². The molecular weight excluding hydrogens is 459 g/mol. The fraction of sp³-hybridized carbons (Fsp3) is 0.500. The lowest BCUT2D eigenvalue weighted by Crippen LogP contribution is -2.49. The third-order valence-electron chi connectivity index (χ3n) is 6.38. The molecule has 0 saturated carbocycles. The Labute approximate surface area is 204 Å².